The van der Waals surface area contributed by atoms with Crippen LogP contribution in [0.25, 0.3) is 0 Å². The van der Waals surface area contributed by atoms with Crippen LogP contribution in [-0.2, 0) is 11.3 Å². The zero-order valence-corrected chi connectivity index (χ0v) is 11.7. The zero-order chi connectivity index (χ0) is 15.8. The van der Waals surface area contributed by atoms with Crippen LogP contribution in [0.15, 0.2) is 18.2 Å². The Kier molecular flexibility index (Phi) is 6.58. The molecule has 1 rings (SSSR count). The lowest BCUT2D eigenvalue weighted by Gasteiger charge is -2.14. The molecule has 0 heterocycles. The number of aliphatic carboxylic acids is 1. The SMILES string of the molecule is CC(CCCC(=O)O)NC(=O)NCc1cc(F)ccc1F. The smallest absolute Gasteiger partial charge is 0.315 e. The Morgan fingerprint density at radius 2 is 2.05 bits per heavy atom. The molecule has 0 saturated heterocycles. The third kappa shape index (κ3) is 6.69. The summed E-state index contributed by atoms with van der Waals surface area (Å²) < 4.78 is 26.3. The van der Waals surface area contributed by atoms with E-state index in [1.54, 1.807) is 6.92 Å². The van der Waals surface area contributed by atoms with Crippen LogP contribution in [0.4, 0.5) is 13.6 Å². The molecule has 1 unspecified atom stereocenters. The van der Waals surface area contributed by atoms with E-state index in [1.807, 2.05) is 0 Å². The van der Waals surface area contributed by atoms with Gasteiger partial charge in [-0.05, 0) is 38.0 Å². The van der Waals surface area contributed by atoms with Crippen LogP contribution in [0.3, 0.4) is 0 Å². The van der Waals surface area contributed by atoms with E-state index in [-0.39, 0.29) is 24.6 Å². The maximum Gasteiger partial charge on any atom is 0.315 e. The van der Waals surface area contributed by atoms with E-state index in [0.717, 1.165) is 18.2 Å². The third-order valence-corrected chi connectivity index (χ3v) is 2.85. The zero-order valence-electron chi connectivity index (χ0n) is 11.7. The molecule has 0 fully saturated rings. The van der Waals surface area contributed by atoms with E-state index >= 15 is 0 Å². The molecule has 5 nitrogen and oxygen atoms in total. The minimum atomic E-state index is -0.881. The van der Waals surface area contributed by atoms with Gasteiger partial charge in [-0.25, -0.2) is 13.6 Å². The second kappa shape index (κ2) is 8.18. The molecule has 7 heteroatoms. The summed E-state index contributed by atoms with van der Waals surface area (Å²) in [4.78, 5) is 21.9. The third-order valence-electron chi connectivity index (χ3n) is 2.85. The lowest BCUT2D eigenvalue weighted by atomic mass is 10.1. The van der Waals surface area contributed by atoms with Crippen molar-refractivity contribution in [2.75, 3.05) is 0 Å². The van der Waals surface area contributed by atoms with Crippen LogP contribution in [0, 0.1) is 11.6 Å². The van der Waals surface area contributed by atoms with Crippen molar-refractivity contribution in [3.05, 3.63) is 35.4 Å². The number of hydrogen-bond acceptors (Lipinski definition) is 2. The van der Waals surface area contributed by atoms with Crippen LogP contribution in [-0.4, -0.2) is 23.1 Å². The van der Waals surface area contributed by atoms with Gasteiger partial charge in [0.05, 0.1) is 0 Å². The van der Waals surface area contributed by atoms with Crippen molar-refractivity contribution < 1.29 is 23.5 Å². The van der Waals surface area contributed by atoms with E-state index < -0.39 is 23.6 Å². The number of carboxylic acids is 1. The number of hydrogen-bond donors (Lipinski definition) is 3. The molecular formula is C14H18F2N2O3. The largest absolute Gasteiger partial charge is 0.481 e. The first kappa shape index (κ1) is 16.9. The Morgan fingerprint density at radius 1 is 1.33 bits per heavy atom. The normalized spacial score (nSPS) is 11.8. The summed E-state index contributed by atoms with van der Waals surface area (Å²) in [5, 5.41) is 13.5. The number of urea groups is 1. The van der Waals surface area contributed by atoms with E-state index in [0.29, 0.717) is 12.8 Å². The second-order valence-corrected chi connectivity index (χ2v) is 4.75. The van der Waals surface area contributed by atoms with Crippen LogP contribution < -0.4 is 10.6 Å². The first-order valence-corrected chi connectivity index (χ1v) is 6.58. The van der Waals surface area contributed by atoms with Crippen LogP contribution >= 0.6 is 0 Å². The van der Waals surface area contributed by atoms with Crippen molar-refractivity contribution in [2.45, 2.75) is 38.8 Å². The fraction of sp³-hybridized carbons (Fsp3) is 0.429. The maximum atomic E-state index is 13.3. The predicted octanol–water partition coefficient (Wildman–Crippen LogP) is 2.41. The average molecular weight is 300 g/mol. The van der Waals surface area contributed by atoms with Crippen molar-refractivity contribution in [3.8, 4) is 0 Å². The molecule has 0 aliphatic carbocycles. The van der Waals surface area contributed by atoms with E-state index in [4.69, 9.17) is 5.11 Å². The fourth-order valence-corrected chi connectivity index (χ4v) is 1.76. The van der Waals surface area contributed by atoms with Gasteiger partial charge in [0.15, 0.2) is 0 Å². The minimum absolute atomic E-state index is 0.0438. The number of halogens is 2. The molecule has 116 valence electrons. The van der Waals surface area contributed by atoms with Crippen molar-refractivity contribution >= 4 is 12.0 Å². The van der Waals surface area contributed by atoms with Crippen molar-refractivity contribution in [3.63, 3.8) is 0 Å². The highest BCUT2D eigenvalue weighted by atomic mass is 19.1. The van der Waals surface area contributed by atoms with Gasteiger partial charge in [-0.2, -0.15) is 0 Å². The highest BCUT2D eigenvalue weighted by molar-refractivity contribution is 5.74. The van der Waals surface area contributed by atoms with Crippen molar-refractivity contribution in [2.24, 2.45) is 0 Å². The monoisotopic (exact) mass is 300 g/mol. The second-order valence-electron chi connectivity index (χ2n) is 4.75. The number of rotatable bonds is 7. The van der Waals surface area contributed by atoms with Crippen LogP contribution in [0.2, 0.25) is 0 Å². The maximum absolute atomic E-state index is 13.3. The van der Waals surface area contributed by atoms with Crippen molar-refractivity contribution in [1.29, 1.82) is 0 Å². The number of benzene rings is 1. The Morgan fingerprint density at radius 3 is 2.71 bits per heavy atom. The van der Waals surface area contributed by atoms with E-state index in [2.05, 4.69) is 10.6 Å². The predicted molar refractivity (Wildman–Crippen MR) is 72.7 cm³/mol. The fourth-order valence-electron chi connectivity index (χ4n) is 1.76. The summed E-state index contributed by atoms with van der Waals surface area (Å²) in [6.45, 7) is 1.61. The molecule has 0 saturated carbocycles. The molecule has 2 amide bonds. The number of carbonyl (C=O) groups excluding carboxylic acids is 1. The van der Waals surface area contributed by atoms with E-state index in [9.17, 15) is 18.4 Å². The number of carboxylic acid groups (broad SMARTS) is 1. The first-order valence-electron chi connectivity index (χ1n) is 6.58. The number of amides is 2. The average Bonchev–Trinajstić information content (AvgIpc) is 2.39. The summed E-state index contributed by atoms with van der Waals surface area (Å²) >= 11 is 0. The molecule has 0 aliphatic heterocycles. The lowest BCUT2D eigenvalue weighted by Crippen LogP contribution is -2.40. The van der Waals surface area contributed by atoms with Gasteiger partial charge in [0.25, 0.3) is 0 Å². The highest BCUT2D eigenvalue weighted by Gasteiger charge is 2.09. The van der Waals surface area contributed by atoms with E-state index in [1.165, 1.54) is 0 Å². The molecule has 21 heavy (non-hydrogen) atoms. The van der Waals surface area contributed by atoms with Crippen LogP contribution in [0.1, 0.15) is 31.7 Å². The number of nitrogens with one attached hydrogen (secondary N) is 2. The Labute approximate surface area is 121 Å². The quantitative estimate of drug-likeness (QED) is 0.723. The first-order chi connectivity index (χ1) is 9.88. The molecule has 0 bridgehead atoms. The molecule has 0 aliphatic rings. The minimum Gasteiger partial charge on any atom is -0.481 e. The van der Waals surface area contributed by atoms with Gasteiger partial charge in [0, 0.05) is 24.6 Å². The van der Waals surface area contributed by atoms with Gasteiger partial charge in [0.1, 0.15) is 11.6 Å². The van der Waals surface area contributed by atoms with Crippen molar-refractivity contribution in [1.82, 2.24) is 10.6 Å². The Hall–Kier alpha value is -2.18. The summed E-state index contributed by atoms with van der Waals surface area (Å²) in [5.41, 5.74) is 0.0590. The van der Waals surface area contributed by atoms with Gasteiger partial charge >= 0.3 is 12.0 Å². The molecule has 1 aromatic carbocycles. The standard InChI is InChI=1S/C14H18F2N2O3/c1-9(3-2-4-13(19)20)18-14(21)17-8-10-7-11(15)5-6-12(10)16/h5-7,9H,2-4,8H2,1H3,(H,19,20)(H2,17,18,21). The van der Waals surface area contributed by atoms with Gasteiger partial charge in [0.2, 0.25) is 0 Å². The molecule has 1 aromatic rings. The topological polar surface area (TPSA) is 78.4 Å². The summed E-state index contributed by atoms with van der Waals surface area (Å²) in [7, 11) is 0. The van der Waals surface area contributed by atoms with Gasteiger partial charge in [-0.15, -0.1) is 0 Å². The molecule has 3 N–H and O–H groups in total. The summed E-state index contributed by atoms with van der Waals surface area (Å²) in [6.07, 6.45) is 1.02. The molecular weight excluding hydrogens is 282 g/mol. The highest BCUT2D eigenvalue weighted by Crippen LogP contribution is 2.09. The number of carbonyl (C=O) groups is 2. The van der Waals surface area contributed by atoms with Gasteiger partial charge < -0.3 is 15.7 Å². The Bertz CT molecular complexity index is 509. The summed E-state index contributed by atoms with van der Waals surface area (Å²) in [5.74, 6) is -2.05. The Balaban J connectivity index is 2.33. The van der Waals surface area contributed by atoms with Crippen LogP contribution in [0.5, 0.6) is 0 Å². The summed E-state index contributed by atoms with van der Waals surface area (Å²) in [6, 6.07) is 2.30. The lowest BCUT2D eigenvalue weighted by molar-refractivity contribution is -0.137. The van der Waals surface area contributed by atoms with Gasteiger partial charge in [-0.3, -0.25) is 4.79 Å². The van der Waals surface area contributed by atoms with Gasteiger partial charge in [-0.1, -0.05) is 0 Å². The molecule has 1 atom stereocenters. The molecule has 0 spiro atoms. The molecule has 0 aromatic heterocycles. The molecule has 0 radical (unpaired) electrons.